The van der Waals surface area contributed by atoms with E-state index in [1.54, 1.807) is 13.2 Å². The summed E-state index contributed by atoms with van der Waals surface area (Å²) in [5.41, 5.74) is 3.52. The monoisotopic (exact) mass is 426 g/mol. The van der Waals surface area contributed by atoms with E-state index in [2.05, 4.69) is 21.9 Å². The van der Waals surface area contributed by atoms with Crippen molar-refractivity contribution in [2.45, 2.75) is 19.9 Å². The van der Waals surface area contributed by atoms with Crippen LogP contribution in [-0.2, 0) is 13.0 Å². The van der Waals surface area contributed by atoms with Gasteiger partial charge in [-0.3, -0.25) is 4.90 Å². The molecule has 2 heterocycles. The number of methoxy groups -OCH3 is 1. The van der Waals surface area contributed by atoms with Crippen LogP contribution in [0.3, 0.4) is 0 Å². The van der Waals surface area contributed by atoms with Crippen LogP contribution in [0, 0.1) is 6.92 Å². The Labute approximate surface area is 181 Å². The van der Waals surface area contributed by atoms with Crippen molar-refractivity contribution in [3.63, 3.8) is 0 Å². The molecular weight excluding hydrogens is 400 g/mol. The predicted molar refractivity (Wildman–Crippen MR) is 121 cm³/mol. The van der Waals surface area contributed by atoms with Gasteiger partial charge in [-0.1, -0.05) is 23.7 Å². The Bertz CT molecular complexity index is 1070. The molecule has 2 aromatic carbocycles. The number of hydrogen-bond acceptors (Lipinski definition) is 5. The van der Waals surface area contributed by atoms with E-state index in [0.29, 0.717) is 10.6 Å². The van der Waals surface area contributed by atoms with Gasteiger partial charge in [0.1, 0.15) is 11.3 Å². The van der Waals surface area contributed by atoms with Crippen molar-refractivity contribution in [2.75, 3.05) is 39.8 Å². The van der Waals surface area contributed by atoms with Crippen LogP contribution < -0.4 is 10.4 Å². The van der Waals surface area contributed by atoms with Gasteiger partial charge in [-0.2, -0.15) is 0 Å². The van der Waals surface area contributed by atoms with Gasteiger partial charge in [0, 0.05) is 55.7 Å². The fraction of sp³-hybridized carbons (Fsp3) is 0.375. The molecule has 0 amide bonds. The lowest BCUT2D eigenvalue weighted by molar-refractivity contribution is 0.128. The zero-order valence-corrected chi connectivity index (χ0v) is 18.2. The number of halogens is 1. The number of benzene rings is 2. The topological polar surface area (TPSA) is 45.9 Å². The van der Waals surface area contributed by atoms with Crippen LogP contribution in [0.2, 0.25) is 5.02 Å². The highest BCUT2D eigenvalue weighted by atomic mass is 35.5. The van der Waals surface area contributed by atoms with Gasteiger partial charge in [0.2, 0.25) is 0 Å². The lowest BCUT2D eigenvalue weighted by atomic mass is 10.1. The lowest BCUT2D eigenvalue weighted by Crippen LogP contribution is -2.46. The highest BCUT2D eigenvalue weighted by Gasteiger charge is 2.18. The second kappa shape index (κ2) is 9.21. The molecule has 0 N–H and O–H groups in total. The number of nitrogens with zero attached hydrogens (tertiary/aromatic N) is 2. The summed E-state index contributed by atoms with van der Waals surface area (Å²) < 4.78 is 10.6. The van der Waals surface area contributed by atoms with Crippen molar-refractivity contribution in [2.24, 2.45) is 0 Å². The Hall–Kier alpha value is -2.34. The van der Waals surface area contributed by atoms with E-state index in [4.69, 9.17) is 20.8 Å². The minimum absolute atomic E-state index is 0.308. The van der Waals surface area contributed by atoms with Crippen LogP contribution in [0.15, 0.2) is 51.7 Å². The Balaban J connectivity index is 1.35. The second-order valence-electron chi connectivity index (χ2n) is 7.90. The van der Waals surface area contributed by atoms with E-state index in [9.17, 15) is 4.79 Å². The molecule has 1 aliphatic heterocycles. The first kappa shape index (κ1) is 20.9. The Kier molecular flexibility index (Phi) is 6.42. The molecule has 1 aliphatic rings. The first-order chi connectivity index (χ1) is 14.5. The zero-order valence-electron chi connectivity index (χ0n) is 17.5. The van der Waals surface area contributed by atoms with Crippen LogP contribution >= 0.6 is 11.6 Å². The largest absolute Gasteiger partial charge is 0.497 e. The molecule has 158 valence electrons. The minimum atomic E-state index is -0.308. The summed E-state index contributed by atoms with van der Waals surface area (Å²) in [6, 6.07) is 13.7. The lowest BCUT2D eigenvalue weighted by Gasteiger charge is -2.34. The van der Waals surface area contributed by atoms with Gasteiger partial charge < -0.3 is 14.1 Å². The first-order valence-corrected chi connectivity index (χ1v) is 10.7. The summed E-state index contributed by atoms with van der Waals surface area (Å²) in [5, 5.41) is 1.62. The van der Waals surface area contributed by atoms with E-state index >= 15 is 0 Å². The highest BCUT2D eigenvalue weighted by Crippen LogP contribution is 2.26. The summed E-state index contributed by atoms with van der Waals surface area (Å²) in [7, 11) is 1.69. The van der Waals surface area contributed by atoms with Crippen molar-refractivity contribution >= 4 is 22.6 Å². The Morgan fingerprint density at radius 1 is 1.03 bits per heavy atom. The summed E-state index contributed by atoms with van der Waals surface area (Å²) in [5.74, 6) is 0.895. The third kappa shape index (κ3) is 4.86. The van der Waals surface area contributed by atoms with Crippen LogP contribution in [0.25, 0.3) is 11.0 Å². The number of piperazine rings is 1. The van der Waals surface area contributed by atoms with E-state index in [0.717, 1.165) is 68.0 Å². The molecule has 0 unspecified atom stereocenters. The summed E-state index contributed by atoms with van der Waals surface area (Å²) in [6.07, 6.45) is 1.03. The second-order valence-corrected chi connectivity index (χ2v) is 8.31. The molecule has 0 aliphatic carbocycles. The van der Waals surface area contributed by atoms with Crippen molar-refractivity contribution in [3.05, 3.63) is 74.6 Å². The van der Waals surface area contributed by atoms with Crippen molar-refractivity contribution in [1.29, 1.82) is 0 Å². The van der Waals surface area contributed by atoms with Gasteiger partial charge in [-0.25, -0.2) is 4.79 Å². The SMILES string of the molecule is COc1ccc(CCN2CCN(Cc3cc(=O)oc4cc(C)c(Cl)cc34)CC2)cc1. The molecule has 1 fully saturated rings. The molecule has 5 nitrogen and oxygen atoms in total. The maximum atomic E-state index is 12.0. The summed E-state index contributed by atoms with van der Waals surface area (Å²) in [6.45, 7) is 7.69. The molecule has 1 aromatic heterocycles. The van der Waals surface area contributed by atoms with Crippen LogP contribution in [0.5, 0.6) is 5.75 Å². The average molecular weight is 427 g/mol. The van der Waals surface area contributed by atoms with Gasteiger partial charge in [0.25, 0.3) is 0 Å². The van der Waals surface area contributed by atoms with Crippen LogP contribution in [0.4, 0.5) is 0 Å². The highest BCUT2D eigenvalue weighted by molar-refractivity contribution is 6.32. The van der Waals surface area contributed by atoms with Crippen LogP contribution in [0.1, 0.15) is 16.7 Å². The van der Waals surface area contributed by atoms with Crippen molar-refractivity contribution < 1.29 is 9.15 Å². The molecule has 0 spiro atoms. The van der Waals surface area contributed by atoms with Crippen LogP contribution in [-0.4, -0.2) is 49.6 Å². The third-order valence-corrected chi connectivity index (χ3v) is 6.25. The molecule has 0 radical (unpaired) electrons. The van der Waals surface area contributed by atoms with Crippen molar-refractivity contribution in [1.82, 2.24) is 9.80 Å². The van der Waals surface area contributed by atoms with Gasteiger partial charge in [0.15, 0.2) is 0 Å². The predicted octanol–water partition coefficient (Wildman–Crippen LogP) is 4.12. The summed E-state index contributed by atoms with van der Waals surface area (Å²) >= 11 is 6.32. The maximum Gasteiger partial charge on any atom is 0.336 e. The molecule has 4 rings (SSSR count). The third-order valence-electron chi connectivity index (χ3n) is 5.84. The smallest absolute Gasteiger partial charge is 0.336 e. The Morgan fingerprint density at radius 3 is 2.43 bits per heavy atom. The minimum Gasteiger partial charge on any atom is -0.497 e. The fourth-order valence-corrected chi connectivity index (χ4v) is 4.13. The molecule has 0 bridgehead atoms. The maximum absolute atomic E-state index is 12.0. The van der Waals surface area contributed by atoms with Gasteiger partial charge in [-0.05, 0) is 54.3 Å². The van der Waals surface area contributed by atoms with E-state index in [-0.39, 0.29) is 5.63 Å². The Morgan fingerprint density at radius 2 is 1.73 bits per heavy atom. The van der Waals surface area contributed by atoms with Crippen molar-refractivity contribution in [3.8, 4) is 5.75 Å². The standard InChI is InChI=1S/C24H27ClN2O3/c1-17-13-23-21(15-22(17)25)19(14-24(28)30-23)16-27-11-9-26(10-12-27)8-7-18-3-5-20(29-2)6-4-18/h3-6,13-15H,7-12,16H2,1-2H3. The quantitative estimate of drug-likeness (QED) is 0.555. The first-order valence-electron chi connectivity index (χ1n) is 10.3. The molecule has 0 saturated carbocycles. The van der Waals surface area contributed by atoms with Gasteiger partial charge >= 0.3 is 5.63 Å². The number of aryl methyl sites for hydroxylation is 1. The van der Waals surface area contributed by atoms with E-state index in [1.165, 1.54) is 5.56 Å². The average Bonchev–Trinajstić information content (AvgIpc) is 2.75. The molecule has 30 heavy (non-hydrogen) atoms. The number of fused-ring (bicyclic) bond motifs is 1. The number of ether oxygens (including phenoxy) is 1. The molecule has 0 atom stereocenters. The number of hydrogen-bond donors (Lipinski definition) is 0. The molecule has 1 saturated heterocycles. The zero-order chi connectivity index (χ0) is 21.1. The van der Waals surface area contributed by atoms with Gasteiger partial charge in [0.05, 0.1) is 7.11 Å². The van der Waals surface area contributed by atoms with E-state index < -0.39 is 0 Å². The fourth-order valence-electron chi connectivity index (χ4n) is 3.97. The van der Waals surface area contributed by atoms with Gasteiger partial charge in [-0.15, -0.1) is 0 Å². The summed E-state index contributed by atoms with van der Waals surface area (Å²) in [4.78, 5) is 16.9. The molecule has 3 aromatic rings. The van der Waals surface area contributed by atoms with E-state index in [1.807, 2.05) is 31.2 Å². The molecular formula is C24H27ClN2O3. The molecule has 6 heteroatoms. The number of rotatable bonds is 6. The normalized spacial score (nSPS) is 15.6.